The molecule has 1 saturated heterocycles. The average molecular weight is 358 g/mol. The van der Waals surface area contributed by atoms with Crippen LogP contribution in [0.2, 0.25) is 0 Å². The van der Waals surface area contributed by atoms with Crippen LogP contribution in [-0.2, 0) is 11.5 Å². The highest BCUT2D eigenvalue weighted by Gasteiger charge is 2.11. The molecule has 2 heterocycles. The molecule has 1 fully saturated rings. The number of carbonyl (C=O) groups is 1. The smallest absolute Gasteiger partial charge is 0.271 e. The number of amides is 1. The lowest BCUT2D eigenvalue weighted by Crippen LogP contribution is -2.38. The molecule has 0 unspecified atom stereocenters. The Kier molecular flexibility index (Phi) is 6.62. The van der Waals surface area contributed by atoms with E-state index in [1.807, 2.05) is 31.2 Å². The zero-order valence-corrected chi connectivity index (χ0v) is 15.2. The lowest BCUT2D eigenvalue weighted by Gasteiger charge is -2.26. The first-order chi connectivity index (χ1) is 12.7. The molecule has 1 amide bonds. The topological polar surface area (TPSA) is 68.6 Å². The van der Waals surface area contributed by atoms with Crippen molar-refractivity contribution in [3.05, 3.63) is 47.8 Å². The van der Waals surface area contributed by atoms with E-state index in [1.165, 1.54) is 0 Å². The first-order valence-electron chi connectivity index (χ1n) is 9.02. The van der Waals surface area contributed by atoms with Gasteiger partial charge >= 0.3 is 0 Å². The number of rotatable bonds is 8. The minimum absolute atomic E-state index is 0.151. The van der Waals surface area contributed by atoms with E-state index in [4.69, 9.17) is 9.47 Å². The highest BCUT2D eigenvalue weighted by atomic mass is 16.5. The normalized spacial score (nSPS) is 15.0. The number of nitrogens with one attached hydrogen (secondary N) is 1. The molecule has 0 spiro atoms. The molecular formula is C19H26N4O3. The Hall–Kier alpha value is -2.38. The van der Waals surface area contributed by atoms with Crippen molar-refractivity contribution in [1.82, 2.24) is 20.0 Å². The van der Waals surface area contributed by atoms with Gasteiger partial charge in [0.2, 0.25) is 0 Å². The van der Waals surface area contributed by atoms with Crippen LogP contribution in [-0.4, -0.2) is 60.0 Å². The van der Waals surface area contributed by atoms with E-state index in [2.05, 4.69) is 15.3 Å². The predicted octanol–water partition coefficient (Wildman–Crippen LogP) is 1.68. The summed E-state index contributed by atoms with van der Waals surface area (Å²) in [7, 11) is 0. The van der Waals surface area contributed by atoms with Crippen LogP contribution in [0, 0.1) is 6.92 Å². The van der Waals surface area contributed by atoms with Crippen LogP contribution in [0.3, 0.4) is 0 Å². The zero-order valence-electron chi connectivity index (χ0n) is 15.2. The summed E-state index contributed by atoms with van der Waals surface area (Å²) >= 11 is 0. The number of hydrogen-bond donors (Lipinski definition) is 1. The molecule has 1 aliphatic rings. The average Bonchev–Trinajstić information content (AvgIpc) is 3.14. The first-order valence-corrected chi connectivity index (χ1v) is 9.02. The van der Waals surface area contributed by atoms with Crippen molar-refractivity contribution in [1.29, 1.82) is 0 Å². The summed E-state index contributed by atoms with van der Waals surface area (Å²) in [5.41, 5.74) is 1.47. The van der Waals surface area contributed by atoms with Gasteiger partial charge in [0.1, 0.15) is 11.4 Å². The zero-order chi connectivity index (χ0) is 18.2. The second-order valence-corrected chi connectivity index (χ2v) is 6.34. The van der Waals surface area contributed by atoms with Gasteiger partial charge in [-0.15, -0.1) is 0 Å². The molecule has 0 atom stereocenters. The molecule has 0 aliphatic carbocycles. The van der Waals surface area contributed by atoms with Gasteiger partial charge in [0.15, 0.2) is 6.73 Å². The van der Waals surface area contributed by atoms with Gasteiger partial charge in [-0.05, 0) is 37.6 Å². The molecular weight excluding hydrogens is 332 g/mol. The lowest BCUT2D eigenvalue weighted by atomic mass is 10.2. The third-order valence-electron chi connectivity index (χ3n) is 4.36. The molecule has 7 nitrogen and oxygen atoms in total. The minimum Gasteiger partial charge on any atom is -0.471 e. The maximum Gasteiger partial charge on any atom is 0.271 e. The fraction of sp³-hybridized carbons (Fsp3) is 0.474. The summed E-state index contributed by atoms with van der Waals surface area (Å²) in [4.78, 5) is 14.5. The lowest BCUT2D eigenvalue weighted by molar-refractivity contribution is 0.0374. The molecule has 140 valence electrons. The molecule has 1 aromatic heterocycles. The monoisotopic (exact) mass is 358 g/mol. The SMILES string of the molecule is Cc1ccccc1OCn1ccc(C(=O)NCCCN2CCOCC2)n1. The van der Waals surface area contributed by atoms with Gasteiger partial charge in [-0.1, -0.05) is 18.2 Å². The fourth-order valence-electron chi connectivity index (χ4n) is 2.83. The molecule has 2 aromatic rings. The van der Waals surface area contributed by atoms with Gasteiger partial charge in [-0.25, -0.2) is 4.68 Å². The number of ether oxygens (including phenoxy) is 2. The molecule has 1 aromatic carbocycles. The van der Waals surface area contributed by atoms with Crippen molar-refractivity contribution in [3.8, 4) is 5.75 Å². The number of aromatic nitrogens is 2. The summed E-state index contributed by atoms with van der Waals surface area (Å²) < 4.78 is 12.7. The maximum absolute atomic E-state index is 12.2. The van der Waals surface area contributed by atoms with Crippen LogP contribution < -0.4 is 10.1 Å². The number of aryl methyl sites for hydroxylation is 1. The summed E-state index contributed by atoms with van der Waals surface area (Å²) in [5.74, 6) is 0.665. The van der Waals surface area contributed by atoms with Gasteiger partial charge in [-0.2, -0.15) is 5.10 Å². The number of para-hydroxylation sites is 1. The van der Waals surface area contributed by atoms with Crippen molar-refractivity contribution >= 4 is 5.91 Å². The second-order valence-electron chi connectivity index (χ2n) is 6.34. The van der Waals surface area contributed by atoms with E-state index in [0.29, 0.717) is 12.2 Å². The Labute approximate surface area is 153 Å². The Morgan fingerprint density at radius 2 is 2.08 bits per heavy atom. The largest absolute Gasteiger partial charge is 0.471 e. The van der Waals surface area contributed by atoms with Gasteiger partial charge in [0.05, 0.1) is 13.2 Å². The summed E-state index contributed by atoms with van der Waals surface area (Å²) in [5, 5.41) is 7.20. The number of hydrogen-bond acceptors (Lipinski definition) is 5. The Bertz CT molecular complexity index is 710. The third kappa shape index (κ3) is 5.31. The van der Waals surface area contributed by atoms with Crippen LogP contribution in [0.4, 0.5) is 0 Å². The first kappa shape index (κ1) is 18.4. The van der Waals surface area contributed by atoms with Gasteiger partial charge < -0.3 is 14.8 Å². The molecule has 0 saturated carbocycles. The van der Waals surface area contributed by atoms with Crippen molar-refractivity contribution in [2.24, 2.45) is 0 Å². The van der Waals surface area contributed by atoms with E-state index in [0.717, 1.165) is 50.6 Å². The Morgan fingerprint density at radius 3 is 2.88 bits per heavy atom. The summed E-state index contributed by atoms with van der Waals surface area (Å²) in [6.07, 6.45) is 2.67. The van der Waals surface area contributed by atoms with Crippen molar-refractivity contribution in [2.75, 3.05) is 39.4 Å². The predicted molar refractivity (Wildman–Crippen MR) is 98.2 cm³/mol. The highest BCUT2D eigenvalue weighted by molar-refractivity contribution is 5.92. The molecule has 1 aliphatic heterocycles. The van der Waals surface area contributed by atoms with Crippen molar-refractivity contribution in [3.63, 3.8) is 0 Å². The van der Waals surface area contributed by atoms with E-state index < -0.39 is 0 Å². The van der Waals surface area contributed by atoms with E-state index in [9.17, 15) is 4.79 Å². The summed E-state index contributed by atoms with van der Waals surface area (Å²) in [6.45, 7) is 7.43. The van der Waals surface area contributed by atoms with E-state index in [1.54, 1.807) is 16.9 Å². The third-order valence-corrected chi connectivity index (χ3v) is 4.36. The summed E-state index contributed by atoms with van der Waals surface area (Å²) in [6, 6.07) is 9.52. The van der Waals surface area contributed by atoms with Gasteiger partial charge in [-0.3, -0.25) is 9.69 Å². The number of nitrogens with zero attached hydrogens (tertiary/aromatic N) is 3. The van der Waals surface area contributed by atoms with Crippen molar-refractivity contribution < 1.29 is 14.3 Å². The van der Waals surface area contributed by atoms with Crippen LogP contribution >= 0.6 is 0 Å². The van der Waals surface area contributed by atoms with E-state index in [-0.39, 0.29) is 12.6 Å². The number of carbonyl (C=O) groups excluding carboxylic acids is 1. The number of morpholine rings is 1. The molecule has 1 N–H and O–H groups in total. The van der Waals surface area contributed by atoms with Crippen LogP contribution in [0.25, 0.3) is 0 Å². The second kappa shape index (κ2) is 9.35. The van der Waals surface area contributed by atoms with Crippen LogP contribution in [0.1, 0.15) is 22.5 Å². The fourth-order valence-corrected chi connectivity index (χ4v) is 2.83. The van der Waals surface area contributed by atoms with Crippen LogP contribution in [0.5, 0.6) is 5.75 Å². The quantitative estimate of drug-likeness (QED) is 0.727. The molecule has 3 rings (SSSR count). The molecule has 0 radical (unpaired) electrons. The Morgan fingerprint density at radius 1 is 1.27 bits per heavy atom. The van der Waals surface area contributed by atoms with Gasteiger partial charge in [0, 0.05) is 25.8 Å². The number of benzene rings is 1. The molecule has 7 heteroatoms. The maximum atomic E-state index is 12.2. The molecule has 26 heavy (non-hydrogen) atoms. The minimum atomic E-state index is -0.151. The van der Waals surface area contributed by atoms with E-state index >= 15 is 0 Å². The standard InChI is InChI=1S/C19H26N4O3/c1-16-5-2-3-6-18(16)26-15-23-10-7-17(21-23)19(24)20-8-4-9-22-11-13-25-14-12-22/h2-3,5-7,10H,4,8-9,11-15H2,1H3,(H,20,24). The molecule has 0 bridgehead atoms. The van der Waals surface area contributed by atoms with Crippen LogP contribution in [0.15, 0.2) is 36.5 Å². The van der Waals surface area contributed by atoms with Gasteiger partial charge in [0.25, 0.3) is 5.91 Å². The Balaban J connectivity index is 1.39. The highest BCUT2D eigenvalue weighted by Crippen LogP contribution is 2.16. The van der Waals surface area contributed by atoms with Crippen molar-refractivity contribution in [2.45, 2.75) is 20.1 Å².